The van der Waals surface area contributed by atoms with Gasteiger partial charge in [-0.2, -0.15) is 5.10 Å². The number of rotatable bonds is 5. The molecular formula is C22H27ClN4O2. The number of benzene rings is 1. The second kappa shape index (κ2) is 7.48. The molecule has 2 amide bonds. The molecule has 2 aliphatic rings. The largest absolute Gasteiger partial charge is 0.340 e. The van der Waals surface area contributed by atoms with Gasteiger partial charge in [0.15, 0.2) is 0 Å². The first-order valence-corrected chi connectivity index (χ1v) is 10.6. The first kappa shape index (κ1) is 20.0. The van der Waals surface area contributed by atoms with E-state index in [-0.39, 0.29) is 17.9 Å². The van der Waals surface area contributed by atoms with Crippen LogP contribution < -0.4 is 0 Å². The highest BCUT2D eigenvalue weighted by molar-refractivity contribution is 6.31. The van der Waals surface area contributed by atoms with E-state index in [9.17, 15) is 9.59 Å². The first-order valence-electron chi connectivity index (χ1n) is 10.2. The molecule has 0 saturated carbocycles. The highest BCUT2D eigenvalue weighted by Crippen LogP contribution is 2.46. The molecule has 4 rings (SSSR count). The number of fused-ring (bicyclic) bond motifs is 1. The minimum absolute atomic E-state index is 0.0106. The van der Waals surface area contributed by atoms with Crippen LogP contribution in [-0.2, 0) is 28.1 Å². The molecule has 7 heteroatoms. The number of aryl methyl sites for hydroxylation is 2. The molecule has 0 bridgehead atoms. The van der Waals surface area contributed by atoms with Crippen LogP contribution in [0.25, 0.3) is 0 Å². The van der Waals surface area contributed by atoms with E-state index in [1.807, 2.05) is 60.9 Å². The number of nitrogens with zero attached hydrogens (tertiary/aromatic N) is 4. The van der Waals surface area contributed by atoms with Crippen molar-refractivity contribution in [2.24, 2.45) is 0 Å². The molecule has 0 spiro atoms. The van der Waals surface area contributed by atoms with E-state index in [2.05, 4.69) is 5.10 Å². The van der Waals surface area contributed by atoms with Gasteiger partial charge in [0.25, 0.3) is 0 Å². The van der Waals surface area contributed by atoms with Gasteiger partial charge in [0.05, 0.1) is 11.1 Å². The fourth-order valence-electron chi connectivity index (χ4n) is 4.86. The topological polar surface area (TPSA) is 58.4 Å². The number of amides is 2. The second-order valence-electron chi connectivity index (χ2n) is 8.24. The Balaban J connectivity index is 1.68. The van der Waals surface area contributed by atoms with Crippen molar-refractivity contribution in [2.45, 2.75) is 57.7 Å². The highest BCUT2D eigenvalue weighted by Gasteiger charge is 2.55. The summed E-state index contributed by atoms with van der Waals surface area (Å²) in [5, 5.41) is 5.07. The van der Waals surface area contributed by atoms with Crippen LogP contribution in [0.1, 0.15) is 43.0 Å². The van der Waals surface area contributed by atoms with Crippen LogP contribution in [0.3, 0.4) is 0 Å². The lowest BCUT2D eigenvalue weighted by Crippen LogP contribution is -2.47. The molecule has 2 atom stereocenters. The van der Waals surface area contributed by atoms with E-state index in [0.717, 1.165) is 29.8 Å². The van der Waals surface area contributed by atoms with Crippen LogP contribution in [-0.4, -0.2) is 51.0 Å². The zero-order chi connectivity index (χ0) is 20.8. The van der Waals surface area contributed by atoms with Gasteiger partial charge in [0.1, 0.15) is 0 Å². The van der Waals surface area contributed by atoms with Crippen LogP contribution in [0.4, 0.5) is 0 Å². The number of carbonyl (C=O) groups excluding carboxylic acids is 2. The van der Waals surface area contributed by atoms with E-state index in [1.165, 1.54) is 0 Å². The Morgan fingerprint density at radius 1 is 1.38 bits per heavy atom. The predicted molar refractivity (Wildman–Crippen MR) is 112 cm³/mol. The molecule has 3 heterocycles. The average molecular weight is 415 g/mol. The maximum Gasteiger partial charge on any atom is 0.235 e. The standard InChI is InChI=1S/C22H27ClN4O2/c1-4-26-13-16(15(2)24-26)12-25(3)21(29)22(18-7-5-6-8-19(18)23)11-17-9-10-20(28)27(17)14-22/h5-8,13,17H,4,9-12,14H2,1-3H3. The summed E-state index contributed by atoms with van der Waals surface area (Å²) in [7, 11) is 1.83. The molecule has 0 N–H and O–H groups in total. The predicted octanol–water partition coefficient (Wildman–Crippen LogP) is 3.16. The van der Waals surface area contributed by atoms with Crippen molar-refractivity contribution in [1.29, 1.82) is 0 Å². The fourth-order valence-corrected chi connectivity index (χ4v) is 5.18. The van der Waals surface area contributed by atoms with E-state index in [1.54, 1.807) is 4.90 Å². The van der Waals surface area contributed by atoms with Crippen LogP contribution in [0.5, 0.6) is 0 Å². The van der Waals surface area contributed by atoms with Crippen molar-refractivity contribution >= 4 is 23.4 Å². The summed E-state index contributed by atoms with van der Waals surface area (Å²) in [6, 6.07) is 7.66. The third-order valence-corrected chi connectivity index (χ3v) is 6.73. The summed E-state index contributed by atoms with van der Waals surface area (Å²) in [5.41, 5.74) is 1.98. The Hall–Kier alpha value is -2.34. The van der Waals surface area contributed by atoms with Gasteiger partial charge < -0.3 is 9.80 Å². The summed E-state index contributed by atoms with van der Waals surface area (Å²) in [6.07, 6.45) is 4.00. The SMILES string of the molecule is CCn1cc(CN(C)C(=O)C2(c3ccccc3Cl)CC3CCC(=O)N3C2)c(C)n1. The lowest BCUT2D eigenvalue weighted by molar-refractivity contribution is -0.137. The number of hydrogen-bond acceptors (Lipinski definition) is 3. The van der Waals surface area contributed by atoms with Crippen LogP contribution in [0, 0.1) is 6.92 Å². The summed E-state index contributed by atoms with van der Waals surface area (Å²) >= 11 is 6.56. The lowest BCUT2D eigenvalue weighted by atomic mass is 9.76. The van der Waals surface area contributed by atoms with Gasteiger partial charge in [0.2, 0.25) is 11.8 Å². The number of carbonyl (C=O) groups is 2. The highest BCUT2D eigenvalue weighted by atomic mass is 35.5. The third-order valence-electron chi connectivity index (χ3n) is 6.40. The second-order valence-corrected chi connectivity index (χ2v) is 8.64. The molecule has 1 aromatic heterocycles. The lowest BCUT2D eigenvalue weighted by Gasteiger charge is -2.33. The molecule has 2 saturated heterocycles. The minimum atomic E-state index is -0.803. The smallest absolute Gasteiger partial charge is 0.235 e. The van der Waals surface area contributed by atoms with Crippen molar-refractivity contribution in [2.75, 3.05) is 13.6 Å². The van der Waals surface area contributed by atoms with Gasteiger partial charge in [-0.1, -0.05) is 29.8 Å². The van der Waals surface area contributed by atoms with Gasteiger partial charge in [-0.05, 0) is 38.3 Å². The number of hydrogen-bond donors (Lipinski definition) is 0. The summed E-state index contributed by atoms with van der Waals surface area (Å²) in [6.45, 7) is 5.68. The van der Waals surface area contributed by atoms with Gasteiger partial charge in [-0.3, -0.25) is 14.3 Å². The quantitative estimate of drug-likeness (QED) is 0.755. The van der Waals surface area contributed by atoms with Gasteiger partial charge >= 0.3 is 0 Å². The minimum Gasteiger partial charge on any atom is -0.340 e. The number of likely N-dealkylation sites (N-methyl/N-ethyl adjacent to an activating group) is 1. The Kier molecular flexibility index (Phi) is 5.15. The normalized spacial score (nSPS) is 23.5. The molecular weight excluding hydrogens is 388 g/mol. The molecule has 2 fully saturated rings. The van der Waals surface area contributed by atoms with E-state index >= 15 is 0 Å². The van der Waals surface area contributed by atoms with E-state index < -0.39 is 5.41 Å². The first-order chi connectivity index (χ1) is 13.9. The number of aromatic nitrogens is 2. The number of halogens is 1. The molecule has 2 aromatic rings. The fraction of sp³-hybridized carbons (Fsp3) is 0.500. The Labute approximate surface area is 176 Å². The Morgan fingerprint density at radius 2 is 2.14 bits per heavy atom. The van der Waals surface area contributed by atoms with Crippen LogP contribution in [0.15, 0.2) is 30.5 Å². The van der Waals surface area contributed by atoms with Crippen molar-refractivity contribution in [3.8, 4) is 0 Å². The molecule has 2 aliphatic heterocycles. The van der Waals surface area contributed by atoms with Gasteiger partial charge in [0, 0.05) is 55.9 Å². The van der Waals surface area contributed by atoms with Crippen LogP contribution in [0.2, 0.25) is 5.02 Å². The van der Waals surface area contributed by atoms with Gasteiger partial charge in [-0.25, -0.2) is 0 Å². The summed E-state index contributed by atoms with van der Waals surface area (Å²) in [4.78, 5) is 29.9. The maximum atomic E-state index is 13.9. The Morgan fingerprint density at radius 3 is 2.79 bits per heavy atom. The summed E-state index contributed by atoms with van der Waals surface area (Å²) < 4.78 is 1.89. The monoisotopic (exact) mass is 414 g/mol. The third kappa shape index (κ3) is 3.33. The van der Waals surface area contributed by atoms with E-state index in [0.29, 0.717) is 31.0 Å². The molecule has 0 aliphatic carbocycles. The Bertz CT molecular complexity index is 956. The molecule has 6 nitrogen and oxygen atoms in total. The zero-order valence-corrected chi connectivity index (χ0v) is 17.9. The van der Waals surface area contributed by atoms with Crippen molar-refractivity contribution in [3.63, 3.8) is 0 Å². The molecule has 154 valence electrons. The molecule has 2 unspecified atom stereocenters. The summed E-state index contributed by atoms with van der Waals surface area (Å²) in [5.74, 6) is 0.149. The molecule has 0 radical (unpaired) electrons. The van der Waals surface area contributed by atoms with Crippen molar-refractivity contribution < 1.29 is 9.59 Å². The maximum absolute atomic E-state index is 13.9. The zero-order valence-electron chi connectivity index (χ0n) is 17.2. The average Bonchev–Trinajstić information content (AvgIpc) is 3.36. The van der Waals surface area contributed by atoms with E-state index in [4.69, 9.17) is 11.6 Å². The van der Waals surface area contributed by atoms with Gasteiger partial charge in [-0.15, -0.1) is 0 Å². The van der Waals surface area contributed by atoms with Crippen LogP contribution >= 0.6 is 11.6 Å². The van der Waals surface area contributed by atoms with Crippen molar-refractivity contribution in [1.82, 2.24) is 19.6 Å². The molecule has 1 aromatic carbocycles. The van der Waals surface area contributed by atoms with Crippen molar-refractivity contribution in [3.05, 3.63) is 52.3 Å². The molecule has 29 heavy (non-hydrogen) atoms.